The highest BCUT2D eigenvalue weighted by atomic mass is 16.5. The van der Waals surface area contributed by atoms with E-state index >= 15 is 0 Å². The molecule has 0 aromatic carbocycles. The number of aliphatic carboxylic acids is 1. The van der Waals surface area contributed by atoms with Crippen molar-refractivity contribution in [1.29, 1.82) is 0 Å². The summed E-state index contributed by atoms with van der Waals surface area (Å²) in [6, 6.07) is -0.893. The van der Waals surface area contributed by atoms with Gasteiger partial charge in [-0.05, 0) is 12.8 Å². The van der Waals surface area contributed by atoms with Gasteiger partial charge in [-0.3, -0.25) is 4.79 Å². The molecule has 0 aromatic heterocycles. The number of carbonyl (C=O) groups is 2. The molecule has 0 aliphatic carbocycles. The van der Waals surface area contributed by atoms with Crippen molar-refractivity contribution in [2.24, 2.45) is 5.92 Å². The van der Waals surface area contributed by atoms with Gasteiger partial charge in [-0.15, -0.1) is 0 Å². The van der Waals surface area contributed by atoms with Crippen LogP contribution in [0.4, 0.5) is 0 Å². The van der Waals surface area contributed by atoms with Crippen LogP contribution in [-0.2, 0) is 19.1 Å². The third-order valence-corrected chi connectivity index (χ3v) is 3.17. The predicted molar refractivity (Wildman–Crippen MR) is 64.2 cm³/mol. The Kier molecular flexibility index (Phi) is 6.07. The fourth-order valence-corrected chi connectivity index (χ4v) is 2.12. The van der Waals surface area contributed by atoms with Crippen LogP contribution in [-0.4, -0.2) is 49.5 Å². The van der Waals surface area contributed by atoms with E-state index in [-0.39, 0.29) is 24.3 Å². The standard InChI is InChI=1S/C12H21NO5/c1-3-10-8(4-7-18-10)11(14)13-9(12(15)16)5-6-17-2/h8-10H,3-7H2,1-2H3,(H,13,14)(H,15,16). The molecule has 104 valence electrons. The second-order valence-corrected chi connectivity index (χ2v) is 4.39. The Balaban J connectivity index is 2.52. The Hall–Kier alpha value is -1.14. The number of ether oxygens (including phenoxy) is 2. The molecule has 18 heavy (non-hydrogen) atoms. The molecule has 1 aliphatic rings. The highest BCUT2D eigenvalue weighted by molar-refractivity contribution is 5.85. The summed E-state index contributed by atoms with van der Waals surface area (Å²) in [6.45, 7) is 2.82. The van der Waals surface area contributed by atoms with Gasteiger partial charge >= 0.3 is 5.97 Å². The topological polar surface area (TPSA) is 84.9 Å². The third kappa shape index (κ3) is 3.96. The molecule has 6 nitrogen and oxygen atoms in total. The van der Waals surface area contributed by atoms with Gasteiger partial charge in [0.1, 0.15) is 6.04 Å². The number of hydrogen-bond acceptors (Lipinski definition) is 4. The maximum absolute atomic E-state index is 12.0. The lowest BCUT2D eigenvalue weighted by atomic mass is 9.98. The van der Waals surface area contributed by atoms with E-state index in [1.807, 2.05) is 6.92 Å². The Labute approximate surface area is 107 Å². The highest BCUT2D eigenvalue weighted by Gasteiger charge is 2.34. The number of hydrogen-bond donors (Lipinski definition) is 2. The lowest BCUT2D eigenvalue weighted by Gasteiger charge is -2.20. The first-order chi connectivity index (χ1) is 8.60. The number of carbonyl (C=O) groups excluding carboxylic acids is 1. The number of rotatable bonds is 7. The number of carboxylic acids is 1. The molecule has 1 saturated heterocycles. The molecule has 1 aliphatic heterocycles. The first kappa shape index (κ1) is 14.9. The summed E-state index contributed by atoms with van der Waals surface area (Å²) >= 11 is 0. The zero-order chi connectivity index (χ0) is 13.5. The Bertz CT molecular complexity index is 294. The molecule has 0 bridgehead atoms. The molecule has 0 spiro atoms. The molecule has 2 N–H and O–H groups in total. The zero-order valence-electron chi connectivity index (χ0n) is 10.8. The largest absolute Gasteiger partial charge is 0.480 e. The maximum atomic E-state index is 12.0. The van der Waals surface area contributed by atoms with Crippen molar-refractivity contribution in [1.82, 2.24) is 5.32 Å². The monoisotopic (exact) mass is 259 g/mol. The first-order valence-electron chi connectivity index (χ1n) is 6.23. The van der Waals surface area contributed by atoms with Gasteiger partial charge in [0.25, 0.3) is 0 Å². The molecule has 1 amide bonds. The summed E-state index contributed by atoms with van der Waals surface area (Å²) < 4.78 is 10.3. The summed E-state index contributed by atoms with van der Waals surface area (Å²) in [5.41, 5.74) is 0. The molecular formula is C12H21NO5. The van der Waals surface area contributed by atoms with E-state index in [4.69, 9.17) is 14.6 Å². The van der Waals surface area contributed by atoms with Crippen LogP contribution in [0.1, 0.15) is 26.2 Å². The average molecular weight is 259 g/mol. The van der Waals surface area contributed by atoms with E-state index in [2.05, 4.69) is 5.32 Å². The van der Waals surface area contributed by atoms with E-state index in [9.17, 15) is 9.59 Å². The van der Waals surface area contributed by atoms with Gasteiger partial charge in [-0.1, -0.05) is 6.92 Å². The summed E-state index contributed by atoms with van der Waals surface area (Å²) in [4.78, 5) is 23.0. The van der Waals surface area contributed by atoms with Crippen LogP contribution in [0.5, 0.6) is 0 Å². The summed E-state index contributed by atoms with van der Waals surface area (Å²) in [5, 5.41) is 11.6. The zero-order valence-corrected chi connectivity index (χ0v) is 10.8. The van der Waals surface area contributed by atoms with Crippen LogP contribution in [0.2, 0.25) is 0 Å². The predicted octanol–water partition coefficient (Wildman–Crippen LogP) is 0.407. The second-order valence-electron chi connectivity index (χ2n) is 4.39. The molecule has 6 heteroatoms. The van der Waals surface area contributed by atoms with Gasteiger partial charge in [0, 0.05) is 26.7 Å². The molecule has 0 saturated carbocycles. The smallest absolute Gasteiger partial charge is 0.326 e. The lowest BCUT2D eigenvalue weighted by molar-refractivity contribution is -0.143. The summed E-state index contributed by atoms with van der Waals surface area (Å²) in [6.07, 6.45) is 1.58. The van der Waals surface area contributed by atoms with Crippen LogP contribution < -0.4 is 5.32 Å². The van der Waals surface area contributed by atoms with Crippen LogP contribution in [0.15, 0.2) is 0 Å². The average Bonchev–Trinajstić information content (AvgIpc) is 2.82. The van der Waals surface area contributed by atoms with E-state index in [1.165, 1.54) is 7.11 Å². The van der Waals surface area contributed by atoms with Crippen molar-refractivity contribution in [2.75, 3.05) is 20.3 Å². The Morgan fingerprint density at radius 3 is 2.83 bits per heavy atom. The molecule has 1 rings (SSSR count). The number of carboxylic acid groups (broad SMARTS) is 1. The number of nitrogens with one attached hydrogen (secondary N) is 1. The molecule has 1 heterocycles. The Morgan fingerprint density at radius 2 is 2.28 bits per heavy atom. The Morgan fingerprint density at radius 1 is 1.56 bits per heavy atom. The van der Waals surface area contributed by atoms with Crippen LogP contribution in [0.25, 0.3) is 0 Å². The van der Waals surface area contributed by atoms with Crippen LogP contribution >= 0.6 is 0 Å². The lowest BCUT2D eigenvalue weighted by Crippen LogP contribution is -2.45. The third-order valence-electron chi connectivity index (χ3n) is 3.17. The SMILES string of the molecule is CCC1OCCC1C(=O)NC(CCOC)C(=O)O. The van der Waals surface area contributed by atoms with Gasteiger partial charge in [-0.2, -0.15) is 0 Å². The second kappa shape index (κ2) is 7.33. The van der Waals surface area contributed by atoms with Crippen molar-refractivity contribution in [3.8, 4) is 0 Å². The van der Waals surface area contributed by atoms with Gasteiger partial charge in [0.2, 0.25) is 5.91 Å². The van der Waals surface area contributed by atoms with Crippen molar-refractivity contribution >= 4 is 11.9 Å². The van der Waals surface area contributed by atoms with E-state index in [0.29, 0.717) is 19.6 Å². The van der Waals surface area contributed by atoms with E-state index in [1.54, 1.807) is 0 Å². The quantitative estimate of drug-likeness (QED) is 0.691. The van der Waals surface area contributed by atoms with Crippen molar-refractivity contribution in [3.63, 3.8) is 0 Å². The molecular weight excluding hydrogens is 238 g/mol. The van der Waals surface area contributed by atoms with Crippen LogP contribution in [0, 0.1) is 5.92 Å². The number of methoxy groups -OCH3 is 1. The molecule has 0 aromatic rings. The van der Waals surface area contributed by atoms with Crippen molar-refractivity contribution in [2.45, 2.75) is 38.3 Å². The molecule has 3 unspecified atom stereocenters. The normalized spacial score (nSPS) is 24.8. The summed E-state index contributed by atoms with van der Waals surface area (Å²) in [7, 11) is 1.50. The minimum Gasteiger partial charge on any atom is -0.480 e. The maximum Gasteiger partial charge on any atom is 0.326 e. The van der Waals surface area contributed by atoms with Gasteiger partial charge in [0.05, 0.1) is 12.0 Å². The molecule has 0 radical (unpaired) electrons. The molecule has 1 fully saturated rings. The molecule has 3 atom stereocenters. The summed E-state index contributed by atoms with van der Waals surface area (Å²) in [5.74, 6) is -1.50. The fraction of sp³-hybridized carbons (Fsp3) is 0.833. The van der Waals surface area contributed by atoms with Gasteiger partial charge in [-0.25, -0.2) is 4.79 Å². The van der Waals surface area contributed by atoms with Crippen molar-refractivity contribution < 1.29 is 24.2 Å². The minimum atomic E-state index is -1.03. The van der Waals surface area contributed by atoms with Crippen LogP contribution in [0.3, 0.4) is 0 Å². The van der Waals surface area contributed by atoms with Gasteiger partial charge in [0.15, 0.2) is 0 Å². The minimum absolute atomic E-state index is 0.0955. The highest BCUT2D eigenvalue weighted by Crippen LogP contribution is 2.23. The first-order valence-corrected chi connectivity index (χ1v) is 6.23. The fourth-order valence-electron chi connectivity index (χ4n) is 2.12. The number of amides is 1. The van der Waals surface area contributed by atoms with E-state index in [0.717, 1.165) is 6.42 Å². The van der Waals surface area contributed by atoms with E-state index < -0.39 is 12.0 Å². The van der Waals surface area contributed by atoms with Gasteiger partial charge < -0.3 is 19.9 Å². The van der Waals surface area contributed by atoms with Crippen molar-refractivity contribution in [3.05, 3.63) is 0 Å².